The third-order valence-electron chi connectivity index (χ3n) is 6.16. The maximum atomic E-state index is 13.0. The molecule has 1 saturated heterocycles. The highest BCUT2D eigenvalue weighted by molar-refractivity contribution is 5.80. The van der Waals surface area contributed by atoms with E-state index < -0.39 is 0 Å². The summed E-state index contributed by atoms with van der Waals surface area (Å²) in [6.45, 7) is 1.65. The van der Waals surface area contributed by atoms with Crippen LogP contribution in [0.2, 0.25) is 0 Å². The molecule has 2 fully saturated rings. The van der Waals surface area contributed by atoms with Gasteiger partial charge in [0.25, 0.3) is 0 Å². The quantitative estimate of drug-likeness (QED) is 0.831. The SMILES string of the molecule is O=C(NCC[C@@H]1CCCCN1C(=O)Cn1nnc2ccccc21)C1CCCC1. The molecule has 1 N–H and O–H groups in total. The summed E-state index contributed by atoms with van der Waals surface area (Å²) in [5, 5.41) is 11.4. The van der Waals surface area contributed by atoms with Crippen LogP contribution < -0.4 is 5.32 Å². The summed E-state index contributed by atoms with van der Waals surface area (Å²) in [6.07, 6.45) is 8.37. The van der Waals surface area contributed by atoms with Gasteiger partial charge in [-0.25, -0.2) is 4.68 Å². The second-order valence-electron chi connectivity index (χ2n) is 8.03. The Hall–Kier alpha value is -2.44. The summed E-state index contributed by atoms with van der Waals surface area (Å²) in [7, 11) is 0. The zero-order chi connectivity index (χ0) is 19.3. The van der Waals surface area contributed by atoms with Crippen molar-refractivity contribution in [3.05, 3.63) is 24.3 Å². The molecule has 28 heavy (non-hydrogen) atoms. The first-order valence-corrected chi connectivity index (χ1v) is 10.6. The molecule has 1 aromatic carbocycles. The van der Waals surface area contributed by atoms with E-state index in [1.54, 1.807) is 4.68 Å². The van der Waals surface area contributed by atoms with Crippen molar-refractivity contribution >= 4 is 22.8 Å². The maximum Gasteiger partial charge on any atom is 0.244 e. The predicted molar refractivity (Wildman–Crippen MR) is 106 cm³/mol. The number of likely N-dealkylation sites (tertiary alicyclic amines) is 1. The number of fused-ring (bicyclic) bond motifs is 1. The minimum atomic E-state index is 0.0856. The molecule has 0 bridgehead atoms. The molecule has 1 saturated carbocycles. The lowest BCUT2D eigenvalue weighted by molar-refractivity contribution is -0.135. The average molecular weight is 383 g/mol. The minimum Gasteiger partial charge on any atom is -0.356 e. The van der Waals surface area contributed by atoms with Gasteiger partial charge in [0.15, 0.2) is 0 Å². The molecule has 4 rings (SSSR count). The van der Waals surface area contributed by atoms with Gasteiger partial charge in [0.05, 0.1) is 5.52 Å². The number of para-hydroxylation sites is 1. The second kappa shape index (κ2) is 8.71. The fourth-order valence-corrected chi connectivity index (χ4v) is 4.58. The van der Waals surface area contributed by atoms with E-state index in [-0.39, 0.29) is 30.3 Å². The molecular weight excluding hydrogens is 354 g/mol. The third kappa shape index (κ3) is 4.18. The van der Waals surface area contributed by atoms with Gasteiger partial charge in [0, 0.05) is 25.0 Å². The number of nitrogens with one attached hydrogen (secondary N) is 1. The van der Waals surface area contributed by atoms with E-state index in [0.717, 1.165) is 56.1 Å². The molecule has 1 aliphatic heterocycles. The van der Waals surface area contributed by atoms with Crippen LogP contribution in [0.3, 0.4) is 0 Å². The molecule has 2 heterocycles. The lowest BCUT2D eigenvalue weighted by atomic mass is 9.99. The van der Waals surface area contributed by atoms with Crippen LogP contribution in [0.4, 0.5) is 0 Å². The highest BCUT2D eigenvalue weighted by atomic mass is 16.2. The summed E-state index contributed by atoms with van der Waals surface area (Å²) in [5.41, 5.74) is 1.69. The molecule has 1 aromatic heterocycles. The fourth-order valence-electron chi connectivity index (χ4n) is 4.58. The van der Waals surface area contributed by atoms with Crippen molar-refractivity contribution in [2.45, 2.75) is 64.0 Å². The zero-order valence-corrected chi connectivity index (χ0v) is 16.3. The molecule has 7 nitrogen and oxygen atoms in total. The van der Waals surface area contributed by atoms with E-state index in [9.17, 15) is 9.59 Å². The number of piperidine rings is 1. The highest BCUT2D eigenvalue weighted by Gasteiger charge is 2.28. The monoisotopic (exact) mass is 383 g/mol. The van der Waals surface area contributed by atoms with E-state index in [1.165, 1.54) is 12.8 Å². The zero-order valence-electron chi connectivity index (χ0n) is 16.3. The standard InChI is InChI=1S/C21H29N5O2/c27-20(15-26-19-11-4-3-10-18(19)23-24-26)25-14-6-5-9-17(25)12-13-22-21(28)16-7-1-2-8-16/h3-4,10-11,16-17H,1-2,5-9,12-15H2,(H,22,28)/t17-/m0/s1. The Bertz CT molecular complexity index is 827. The Morgan fingerprint density at radius 3 is 2.71 bits per heavy atom. The van der Waals surface area contributed by atoms with E-state index in [4.69, 9.17) is 0 Å². The van der Waals surface area contributed by atoms with Gasteiger partial charge in [0.1, 0.15) is 12.1 Å². The molecule has 2 aromatic rings. The molecule has 7 heteroatoms. The molecule has 2 amide bonds. The second-order valence-corrected chi connectivity index (χ2v) is 8.03. The number of hydrogen-bond donors (Lipinski definition) is 1. The Morgan fingerprint density at radius 2 is 1.86 bits per heavy atom. The summed E-state index contributed by atoms with van der Waals surface area (Å²) < 4.78 is 1.69. The normalized spacial score (nSPS) is 20.6. The van der Waals surface area contributed by atoms with Crippen LogP contribution >= 0.6 is 0 Å². The van der Waals surface area contributed by atoms with Crippen LogP contribution in [0.5, 0.6) is 0 Å². The fraction of sp³-hybridized carbons (Fsp3) is 0.619. The first kappa shape index (κ1) is 18.9. The van der Waals surface area contributed by atoms with Crippen LogP contribution in [0.15, 0.2) is 24.3 Å². The van der Waals surface area contributed by atoms with Crippen molar-refractivity contribution in [1.29, 1.82) is 0 Å². The number of benzene rings is 1. The van der Waals surface area contributed by atoms with Gasteiger partial charge in [-0.2, -0.15) is 0 Å². The van der Waals surface area contributed by atoms with Crippen molar-refractivity contribution in [3.63, 3.8) is 0 Å². The van der Waals surface area contributed by atoms with Gasteiger partial charge in [-0.15, -0.1) is 5.10 Å². The number of aromatic nitrogens is 3. The van der Waals surface area contributed by atoms with E-state index in [0.29, 0.717) is 6.54 Å². The number of rotatable bonds is 6. The molecule has 0 unspecified atom stereocenters. The lowest BCUT2D eigenvalue weighted by Crippen LogP contribution is -2.46. The first-order chi connectivity index (χ1) is 13.7. The van der Waals surface area contributed by atoms with E-state index >= 15 is 0 Å². The molecule has 2 aliphatic rings. The van der Waals surface area contributed by atoms with Crippen LogP contribution in [0.1, 0.15) is 51.4 Å². The Labute approximate surface area is 165 Å². The number of hydrogen-bond acceptors (Lipinski definition) is 4. The largest absolute Gasteiger partial charge is 0.356 e. The Balaban J connectivity index is 1.33. The van der Waals surface area contributed by atoms with Crippen LogP contribution in [-0.2, 0) is 16.1 Å². The lowest BCUT2D eigenvalue weighted by Gasteiger charge is -2.36. The molecule has 0 spiro atoms. The van der Waals surface area contributed by atoms with Crippen LogP contribution in [0.25, 0.3) is 11.0 Å². The first-order valence-electron chi connectivity index (χ1n) is 10.6. The van der Waals surface area contributed by atoms with Gasteiger partial charge in [-0.3, -0.25) is 9.59 Å². The van der Waals surface area contributed by atoms with Gasteiger partial charge >= 0.3 is 0 Å². The van der Waals surface area contributed by atoms with Crippen molar-refractivity contribution in [2.24, 2.45) is 5.92 Å². The smallest absolute Gasteiger partial charge is 0.244 e. The van der Waals surface area contributed by atoms with Gasteiger partial charge in [0.2, 0.25) is 11.8 Å². The summed E-state index contributed by atoms with van der Waals surface area (Å²) >= 11 is 0. The molecule has 1 atom stereocenters. The van der Waals surface area contributed by atoms with Crippen molar-refractivity contribution in [1.82, 2.24) is 25.2 Å². The third-order valence-corrected chi connectivity index (χ3v) is 6.16. The van der Waals surface area contributed by atoms with Crippen molar-refractivity contribution < 1.29 is 9.59 Å². The predicted octanol–water partition coefficient (Wildman–Crippen LogP) is 2.51. The maximum absolute atomic E-state index is 13.0. The van der Waals surface area contributed by atoms with Crippen molar-refractivity contribution in [3.8, 4) is 0 Å². The van der Waals surface area contributed by atoms with Crippen LogP contribution in [-0.4, -0.2) is 50.8 Å². The van der Waals surface area contributed by atoms with Crippen molar-refractivity contribution in [2.75, 3.05) is 13.1 Å². The summed E-state index contributed by atoms with van der Waals surface area (Å²) in [4.78, 5) is 27.2. The Kier molecular flexibility index (Phi) is 5.88. The summed E-state index contributed by atoms with van der Waals surface area (Å²) in [5.74, 6) is 0.479. The average Bonchev–Trinajstić information content (AvgIpc) is 3.39. The number of nitrogens with zero attached hydrogens (tertiary/aromatic N) is 4. The highest BCUT2D eigenvalue weighted by Crippen LogP contribution is 2.25. The number of carbonyl (C=O) groups excluding carboxylic acids is 2. The van der Waals surface area contributed by atoms with Gasteiger partial charge < -0.3 is 10.2 Å². The van der Waals surface area contributed by atoms with Gasteiger partial charge in [-0.05, 0) is 50.7 Å². The Morgan fingerprint density at radius 1 is 1.07 bits per heavy atom. The number of carbonyl (C=O) groups is 2. The molecule has 0 radical (unpaired) electrons. The molecular formula is C21H29N5O2. The van der Waals surface area contributed by atoms with E-state index in [2.05, 4.69) is 15.6 Å². The van der Waals surface area contributed by atoms with Gasteiger partial charge in [-0.1, -0.05) is 30.2 Å². The summed E-state index contributed by atoms with van der Waals surface area (Å²) in [6, 6.07) is 7.89. The van der Waals surface area contributed by atoms with Crippen LogP contribution in [0, 0.1) is 5.92 Å². The molecule has 150 valence electrons. The number of amides is 2. The van der Waals surface area contributed by atoms with E-state index in [1.807, 2.05) is 29.2 Å². The molecule has 1 aliphatic carbocycles. The topological polar surface area (TPSA) is 80.1 Å². The minimum absolute atomic E-state index is 0.0856.